The fourth-order valence-electron chi connectivity index (χ4n) is 4.12. The van der Waals surface area contributed by atoms with E-state index in [0.29, 0.717) is 17.7 Å². The van der Waals surface area contributed by atoms with Gasteiger partial charge in [-0.3, -0.25) is 14.4 Å². The number of hydrogen-bond donors (Lipinski definition) is 3. The number of unbranched alkanes of at least 4 members (excludes halogenated alkanes) is 1. The lowest BCUT2D eigenvalue weighted by molar-refractivity contribution is -0.141. The smallest absolute Gasteiger partial charge is 0.408 e. The number of nitrogens with zero attached hydrogens (tertiary/aromatic N) is 1. The number of rotatable bonds is 12. The SMILES string of the molecule is CCCCN(C(=O)C(CCC(N)=O)NC(=O)OC(C)(C)C)C(C(=O)Nc1ccccc1C)c1cccc(C)c1. The number of nitrogens with one attached hydrogen (secondary N) is 2. The van der Waals surface area contributed by atoms with Crippen LogP contribution in [-0.2, 0) is 19.1 Å². The Hall–Kier alpha value is -3.88. The fraction of sp³-hybridized carbons (Fsp3) is 0.467. The highest BCUT2D eigenvalue weighted by atomic mass is 16.6. The molecule has 2 unspecified atom stereocenters. The predicted octanol–water partition coefficient (Wildman–Crippen LogP) is 4.77. The molecule has 0 saturated heterocycles. The molecule has 0 aliphatic heterocycles. The second-order valence-electron chi connectivity index (χ2n) is 10.7. The van der Waals surface area contributed by atoms with E-state index in [1.54, 1.807) is 32.9 Å². The van der Waals surface area contributed by atoms with Crippen molar-refractivity contribution < 1.29 is 23.9 Å². The van der Waals surface area contributed by atoms with E-state index in [-0.39, 0.29) is 25.3 Å². The maximum Gasteiger partial charge on any atom is 0.408 e. The molecule has 4 N–H and O–H groups in total. The van der Waals surface area contributed by atoms with Gasteiger partial charge in [-0.15, -0.1) is 0 Å². The van der Waals surface area contributed by atoms with E-state index in [4.69, 9.17) is 10.5 Å². The second kappa shape index (κ2) is 14.3. The average molecular weight is 539 g/mol. The van der Waals surface area contributed by atoms with Gasteiger partial charge >= 0.3 is 6.09 Å². The number of nitrogens with two attached hydrogens (primary N) is 1. The minimum absolute atomic E-state index is 0.0318. The number of para-hydroxylation sites is 1. The van der Waals surface area contributed by atoms with Gasteiger partial charge in [0.15, 0.2) is 0 Å². The molecule has 39 heavy (non-hydrogen) atoms. The van der Waals surface area contributed by atoms with Crippen LogP contribution in [0.25, 0.3) is 0 Å². The van der Waals surface area contributed by atoms with Gasteiger partial charge in [-0.05, 0) is 64.7 Å². The van der Waals surface area contributed by atoms with Crippen molar-refractivity contribution in [2.24, 2.45) is 5.73 Å². The number of benzene rings is 2. The fourth-order valence-corrected chi connectivity index (χ4v) is 4.12. The van der Waals surface area contributed by atoms with Gasteiger partial charge in [-0.25, -0.2) is 4.79 Å². The first-order valence-electron chi connectivity index (χ1n) is 13.3. The summed E-state index contributed by atoms with van der Waals surface area (Å²) >= 11 is 0. The number of amides is 4. The summed E-state index contributed by atoms with van der Waals surface area (Å²) in [4.78, 5) is 53.7. The third kappa shape index (κ3) is 10.1. The number of hydrogen-bond acceptors (Lipinski definition) is 5. The van der Waals surface area contributed by atoms with Crippen LogP contribution >= 0.6 is 0 Å². The molecule has 2 aromatic carbocycles. The Morgan fingerprint density at radius 2 is 1.72 bits per heavy atom. The van der Waals surface area contributed by atoms with Gasteiger partial charge in [0.25, 0.3) is 5.91 Å². The molecule has 0 fully saturated rings. The molecule has 2 rings (SSSR count). The molecule has 2 atom stereocenters. The molecule has 0 radical (unpaired) electrons. The third-order valence-electron chi connectivity index (χ3n) is 6.02. The lowest BCUT2D eigenvalue weighted by Crippen LogP contribution is -2.52. The summed E-state index contributed by atoms with van der Waals surface area (Å²) in [5.74, 6) is -1.49. The van der Waals surface area contributed by atoms with Crippen LogP contribution in [-0.4, -0.2) is 46.9 Å². The number of aryl methyl sites for hydroxylation is 2. The minimum Gasteiger partial charge on any atom is -0.444 e. The van der Waals surface area contributed by atoms with E-state index in [2.05, 4.69) is 10.6 Å². The van der Waals surface area contributed by atoms with Gasteiger partial charge < -0.3 is 26.0 Å². The number of carbonyl (C=O) groups excluding carboxylic acids is 4. The van der Waals surface area contributed by atoms with Crippen molar-refractivity contribution in [3.63, 3.8) is 0 Å². The van der Waals surface area contributed by atoms with Crippen molar-refractivity contribution >= 4 is 29.5 Å². The maximum atomic E-state index is 14.1. The average Bonchev–Trinajstić information content (AvgIpc) is 2.84. The number of anilines is 1. The van der Waals surface area contributed by atoms with Crippen LogP contribution in [0.4, 0.5) is 10.5 Å². The third-order valence-corrected chi connectivity index (χ3v) is 6.02. The van der Waals surface area contributed by atoms with Crippen LogP contribution in [0.1, 0.15) is 76.1 Å². The number of carbonyl (C=O) groups is 4. The van der Waals surface area contributed by atoms with Gasteiger partial charge in [0, 0.05) is 18.7 Å². The molecule has 0 heterocycles. The molecule has 0 aliphatic rings. The van der Waals surface area contributed by atoms with E-state index in [1.165, 1.54) is 4.90 Å². The van der Waals surface area contributed by atoms with E-state index in [9.17, 15) is 19.2 Å². The van der Waals surface area contributed by atoms with Gasteiger partial charge in [-0.2, -0.15) is 0 Å². The summed E-state index contributed by atoms with van der Waals surface area (Å²) in [6, 6.07) is 12.7. The highest BCUT2D eigenvalue weighted by Gasteiger charge is 2.36. The maximum absolute atomic E-state index is 14.1. The van der Waals surface area contributed by atoms with Crippen molar-refractivity contribution in [3.8, 4) is 0 Å². The standard InChI is InChI=1S/C30H42N4O5/c1-7-8-18-34(28(37)24(16-17-25(31)35)33-29(38)39-30(4,5)6)26(22-14-11-12-20(2)19-22)27(36)32-23-15-10-9-13-21(23)3/h9-15,19,24,26H,7-8,16-18H2,1-6H3,(H2,31,35)(H,32,36)(H,33,38). The van der Waals surface area contributed by atoms with Crippen molar-refractivity contribution in [1.82, 2.24) is 10.2 Å². The summed E-state index contributed by atoms with van der Waals surface area (Å²) in [6.07, 6.45) is 0.446. The molecule has 0 aromatic heterocycles. The van der Waals surface area contributed by atoms with Crippen LogP contribution < -0.4 is 16.4 Å². The first-order valence-corrected chi connectivity index (χ1v) is 13.3. The van der Waals surface area contributed by atoms with Crippen molar-refractivity contribution in [3.05, 3.63) is 65.2 Å². The lowest BCUT2D eigenvalue weighted by atomic mass is 9.99. The molecule has 212 valence electrons. The summed E-state index contributed by atoms with van der Waals surface area (Å²) < 4.78 is 5.37. The van der Waals surface area contributed by atoms with Crippen LogP contribution in [0.2, 0.25) is 0 Å². The normalized spacial score (nSPS) is 12.7. The molecule has 0 bridgehead atoms. The van der Waals surface area contributed by atoms with E-state index in [1.807, 2.05) is 57.2 Å². The number of primary amides is 1. The minimum atomic E-state index is -1.12. The van der Waals surface area contributed by atoms with Gasteiger partial charge in [0.2, 0.25) is 11.8 Å². The molecule has 0 aliphatic carbocycles. The lowest BCUT2D eigenvalue weighted by Gasteiger charge is -2.34. The largest absolute Gasteiger partial charge is 0.444 e. The quantitative estimate of drug-likeness (QED) is 0.358. The molecule has 9 heteroatoms. The Bertz CT molecular complexity index is 1160. The summed E-state index contributed by atoms with van der Waals surface area (Å²) in [6.45, 7) is 11.2. The summed E-state index contributed by atoms with van der Waals surface area (Å²) in [7, 11) is 0. The zero-order valence-corrected chi connectivity index (χ0v) is 23.9. The molecule has 4 amide bonds. The summed E-state index contributed by atoms with van der Waals surface area (Å²) in [5.41, 5.74) is 7.67. The van der Waals surface area contributed by atoms with E-state index in [0.717, 1.165) is 17.5 Å². The highest BCUT2D eigenvalue weighted by molar-refractivity contribution is 5.99. The molecule has 0 spiro atoms. The first-order chi connectivity index (χ1) is 18.3. The van der Waals surface area contributed by atoms with Gasteiger partial charge in [0.1, 0.15) is 17.7 Å². The molecule has 0 saturated carbocycles. The van der Waals surface area contributed by atoms with Gasteiger partial charge in [0.05, 0.1) is 0 Å². The summed E-state index contributed by atoms with van der Waals surface area (Å²) in [5, 5.41) is 5.59. The van der Waals surface area contributed by atoms with Crippen molar-refractivity contribution in [2.75, 3.05) is 11.9 Å². The van der Waals surface area contributed by atoms with Crippen LogP contribution in [0.3, 0.4) is 0 Å². The Balaban J connectivity index is 2.54. The zero-order chi connectivity index (χ0) is 29.2. The Labute approximate surface area is 231 Å². The van der Waals surface area contributed by atoms with Crippen molar-refractivity contribution in [1.29, 1.82) is 0 Å². The number of ether oxygens (including phenoxy) is 1. The van der Waals surface area contributed by atoms with Crippen LogP contribution in [0.15, 0.2) is 48.5 Å². The first kappa shape index (κ1) is 31.3. The number of alkyl carbamates (subject to hydrolysis) is 1. The van der Waals surface area contributed by atoms with Crippen LogP contribution in [0, 0.1) is 13.8 Å². The topological polar surface area (TPSA) is 131 Å². The Kier molecular flexibility index (Phi) is 11.5. The van der Waals surface area contributed by atoms with E-state index >= 15 is 0 Å². The Morgan fingerprint density at radius 3 is 2.31 bits per heavy atom. The highest BCUT2D eigenvalue weighted by Crippen LogP contribution is 2.27. The van der Waals surface area contributed by atoms with Crippen LogP contribution in [0.5, 0.6) is 0 Å². The molecule has 2 aromatic rings. The zero-order valence-electron chi connectivity index (χ0n) is 23.9. The van der Waals surface area contributed by atoms with E-state index < -0.39 is 35.6 Å². The molecule has 9 nitrogen and oxygen atoms in total. The van der Waals surface area contributed by atoms with Crippen molar-refractivity contribution in [2.45, 2.75) is 84.9 Å². The predicted molar refractivity (Wildman–Crippen MR) is 152 cm³/mol. The second-order valence-corrected chi connectivity index (χ2v) is 10.7. The Morgan fingerprint density at radius 1 is 1.03 bits per heavy atom. The van der Waals surface area contributed by atoms with Gasteiger partial charge in [-0.1, -0.05) is 61.4 Å². The molecular formula is C30H42N4O5. The molecular weight excluding hydrogens is 496 g/mol. The monoisotopic (exact) mass is 538 g/mol.